The van der Waals surface area contributed by atoms with Crippen LogP contribution in [-0.2, 0) is 18.3 Å². The number of nitrogens with zero attached hydrogens (tertiary/aromatic N) is 5. The second-order valence-corrected chi connectivity index (χ2v) is 8.69. The molecule has 2 aromatic heterocycles. The van der Waals surface area contributed by atoms with Gasteiger partial charge in [0.05, 0.1) is 11.3 Å². The van der Waals surface area contributed by atoms with Crippen molar-refractivity contribution in [3.8, 4) is 0 Å². The standard InChI is InChI=1S/C21H27N5OS/c1-5-15-9-10-17-16(11-15)19-20(25(17)4)22-21(24-23-19)28-12-18(27)26-13(2)7-6-8-14(26)3/h9-11,13-14H,5-8,12H2,1-4H3/t13-,14-/m1/s1. The van der Waals surface area contributed by atoms with E-state index >= 15 is 0 Å². The summed E-state index contributed by atoms with van der Waals surface area (Å²) in [5.74, 6) is 0.518. The number of aromatic nitrogens is 4. The highest BCUT2D eigenvalue weighted by Gasteiger charge is 2.28. The third-order valence-electron chi connectivity index (χ3n) is 5.86. The molecule has 3 heterocycles. The van der Waals surface area contributed by atoms with Gasteiger partial charge in [0, 0.05) is 24.5 Å². The maximum absolute atomic E-state index is 12.8. The molecule has 0 unspecified atom stereocenters. The Kier molecular flexibility index (Phi) is 5.27. The van der Waals surface area contributed by atoms with Crippen molar-refractivity contribution < 1.29 is 4.79 Å². The summed E-state index contributed by atoms with van der Waals surface area (Å²) < 4.78 is 2.06. The fourth-order valence-corrected chi connectivity index (χ4v) is 4.94. The van der Waals surface area contributed by atoms with Gasteiger partial charge < -0.3 is 9.47 Å². The summed E-state index contributed by atoms with van der Waals surface area (Å²) in [5.41, 5.74) is 4.01. The van der Waals surface area contributed by atoms with Gasteiger partial charge in [0.25, 0.3) is 0 Å². The average molecular weight is 398 g/mol. The molecule has 0 bridgehead atoms. The summed E-state index contributed by atoms with van der Waals surface area (Å²) >= 11 is 1.38. The summed E-state index contributed by atoms with van der Waals surface area (Å²) in [6.07, 6.45) is 4.35. The lowest BCUT2D eigenvalue weighted by Crippen LogP contribution is -2.48. The van der Waals surface area contributed by atoms with Crippen molar-refractivity contribution in [3.63, 3.8) is 0 Å². The largest absolute Gasteiger partial charge is 0.337 e. The number of thioether (sulfide) groups is 1. The molecule has 0 saturated carbocycles. The SMILES string of the molecule is CCc1ccc2c(c1)c1nnc(SCC(=O)N3[C@H](C)CCC[C@H]3C)nc1n2C. The zero-order chi connectivity index (χ0) is 19.8. The fraction of sp³-hybridized carbons (Fsp3) is 0.524. The van der Waals surface area contributed by atoms with Gasteiger partial charge in [-0.3, -0.25) is 4.79 Å². The smallest absolute Gasteiger partial charge is 0.233 e. The van der Waals surface area contributed by atoms with E-state index in [-0.39, 0.29) is 5.91 Å². The van der Waals surface area contributed by atoms with Crippen molar-refractivity contribution in [2.24, 2.45) is 7.05 Å². The molecule has 148 valence electrons. The predicted octanol–water partition coefficient (Wildman–Crippen LogP) is 3.96. The van der Waals surface area contributed by atoms with Crippen LogP contribution in [0.1, 0.15) is 45.6 Å². The second kappa shape index (κ2) is 7.70. The van der Waals surface area contributed by atoms with Gasteiger partial charge in [-0.2, -0.15) is 0 Å². The molecule has 3 aromatic rings. The van der Waals surface area contributed by atoms with Gasteiger partial charge in [-0.15, -0.1) is 10.2 Å². The number of rotatable bonds is 4. The monoisotopic (exact) mass is 397 g/mol. The van der Waals surface area contributed by atoms with Crippen molar-refractivity contribution in [1.29, 1.82) is 0 Å². The van der Waals surface area contributed by atoms with Crippen LogP contribution in [-0.4, -0.2) is 48.4 Å². The van der Waals surface area contributed by atoms with E-state index in [0.29, 0.717) is 23.0 Å². The highest BCUT2D eigenvalue weighted by atomic mass is 32.2. The molecular formula is C21H27N5OS. The minimum absolute atomic E-state index is 0.165. The first-order valence-corrected chi connectivity index (χ1v) is 11.0. The quantitative estimate of drug-likeness (QED) is 0.624. The van der Waals surface area contributed by atoms with E-state index in [2.05, 4.69) is 53.7 Å². The van der Waals surface area contributed by atoms with Crippen molar-refractivity contribution in [1.82, 2.24) is 24.6 Å². The molecule has 0 N–H and O–H groups in total. The van der Waals surface area contributed by atoms with Gasteiger partial charge in [0.15, 0.2) is 5.65 Å². The number of likely N-dealkylation sites (tertiary alicyclic amines) is 1. The maximum atomic E-state index is 12.8. The van der Waals surface area contributed by atoms with Crippen LogP contribution in [0.2, 0.25) is 0 Å². The average Bonchev–Trinajstić information content (AvgIpc) is 2.97. The Morgan fingerprint density at radius 1 is 1.21 bits per heavy atom. The molecule has 4 rings (SSSR count). The van der Waals surface area contributed by atoms with Gasteiger partial charge in [0.2, 0.25) is 11.1 Å². The highest BCUT2D eigenvalue weighted by Crippen LogP contribution is 2.28. The molecule has 1 aromatic carbocycles. The Labute approximate surface area is 169 Å². The molecule has 1 aliphatic rings. The van der Waals surface area contributed by atoms with Crippen LogP contribution in [0.4, 0.5) is 0 Å². The summed E-state index contributed by atoms with van der Waals surface area (Å²) in [4.78, 5) is 19.5. The number of carbonyl (C=O) groups is 1. The summed E-state index contributed by atoms with van der Waals surface area (Å²) in [6, 6.07) is 7.05. The third-order valence-corrected chi connectivity index (χ3v) is 6.68. The molecule has 0 aliphatic carbocycles. The number of hydrogen-bond donors (Lipinski definition) is 0. The van der Waals surface area contributed by atoms with E-state index in [9.17, 15) is 4.79 Å². The normalized spacial score (nSPS) is 20.2. The fourth-order valence-electron chi connectivity index (χ4n) is 4.29. The lowest BCUT2D eigenvalue weighted by molar-refractivity contribution is -0.134. The van der Waals surface area contributed by atoms with E-state index in [4.69, 9.17) is 4.98 Å². The second-order valence-electron chi connectivity index (χ2n) is 7.75. The Bertz CT molecular complexity index is 1020. The Morgan fingerprint density at radius 3 is 2.68 bits per heavy atom. The first kappa shape index (κ1) is 19.2. The van der Waals surface area contributed by atoms with Crippen LogP contribution in [0.25, 0.3) is 22.1 Å². The lowest BCUT2D eigenvalue weighted by atomic mass is 9.98. The van der Waals surface area contributed by atoms with Crippen LogP contribution in [0.3, 0.4) is 0 Å². The van der Waals surface area contributed by atoms with Gasteiger partial charge in [-0.25, -0.2) is 4.98 Å². The minimum Gasteiger partial charge on any atom is -0.337 e. The van der Waals surface area contributed by atoms with E-state index in [0.717, 1.165) is 41.3 Å². The van der Waals surface area contributed by atoms with Gasteiger partial charge in [-0.05, 0) is 57.2 Å². The first-order chi connectivity index (χ1) is 13.5. The number of benzene rings is 1. The van der Waals surface area contributed by atoms with Crippen LogP contribution in [0.5, 0.6) is 0 Å². The molecule has 28 heavy (non-hydrogen) atoms. The van der Waals surface area contributed by atoms with Crippen LogP contribution in [0.15, 0.2) is 23.4 Å². The van der Waals surface area contributed by atoms with Crippen molar-refractivity contribution in [3.05, 3.63) is 23.8 Å². The Morgan fingerprint density at radius 2 is 1.96 bits per heavy atom. The molecule has 1 aliphatic heterocycles. The zero-order valence-corrected chi connectivity index (χ0v) is 17.8. The molecule has 0 spiro atoms. The van der Waals surface area contributed by atoms with Gasteiger partial charge in [0.1, 0.15) is 5.52 Å². The Balaban J connectivity index is 1.57. The minimum atomic E-state index is 0.165. The van der Waals surface area contributed by atoms with Crippen LogP contribution >= 0.6 is 11.8 Å². The van der Waals surface area contributed by atoms with E-state index in [1.807, 2.05) is 11.9 Å². The molecule has 7 heteroatoms. The first-order valence-electron chi connectivity index (χ1n) is 10.0. The molecule has 2 atom stereocenters. The van der Waals surface area contributed by atoms with Gasteiger partial charge in [-0.1, -0.05) is 24.8 Å². The topological polar surface area (TPSA) is 63.9 Å². The molecule has 1 amide bonds. The number of hydrogen-bond acceptors (Lipinski definition) is 5. The number of fused-ring (bicyclic) bond motifs is 3. The third kappa shape index (κ3) is 3.36. The van der Waals surface area contributed by atoms with E-state index in [1.165, 1.54) is 23.7 Å². The molecular weight excluding hydrogens is 370 g/mol. The molecule has 6 nitrogen and oxygen atoms in total. The number of carbonyl (C=O) groups excluding carboxylic acids is 1. The van der Waals surface area contributed by atoms with Crippen molar-refractivity contribution >= 4 is 39.7 Å². The number of piperidine rings is 1. The predicted molar refractivity (Wildman–Crippen MR) is 114 cm³/mol. The van der Waals surface area contributed by atoms with Crippen molar-refractivity contribution in [2.45, 2.75) is 63.7 Å². The molecule has 1 fully saturated rings. The number of aryl methyl sites for hydroxylation is 2. The van der Waals surface area contributed by atoms with Gasteiger partial charge >= 0.3 is 0 Å². The highest BCUT2D eigenvalue weighted by molar-refractivity contribution is 7.99. The van der Waals surface area contributed by atoms with Crippen LogP contribution in [0, 0.1) is 0 Å². The molecule has 1 saturated heterocycles. The van der Waals surface area contributed by atoms with Crippen molar-refractivity contribution in [2.75, 3.05) is 5.75 Å². The zero-order valence-electron chi connectivity index (χ0n) is 17.0. The number of amides is 1. The summed E-state index contributed by atoms with van der Waals surface area (Å²) in [6.45, 7) is 6.43. The maximum Gasteiger partial charge on any atom is 0.233 e. The summed E-state index contributed by atoms with van der Waals surface area (Å²) in [5, 5.41) is 10.4. The lowest BCUT2D eigenvalue weighted by Gasteiger charge is -2.39. The van der Waals surface area contributed by atoms with E-state index < -0.39 is 0 Å². The van der Waals surface area contributed by atoms with E-state index in [1.54, 1.807) is 0 Å². The summed E-state index contributed by atoms with van der Waals surface area (Å²) in [7, 11) is 2.00. The van der Waals surface area contributed by atoms with Crippen LogP contribution < -0.4 is 0 Å². The Hall–Kier alpha value is -2.15. The molecule has 0 radical (unpaired) electrons.